The number of rotatable bonds is 5. The van der Waals surface area contributed by atoms with E-state index in [1.165, 1.54) is 0 Å². The summed E-state index contributed by atoms with van der Waals surface area (Å²) in [7, 11) is 0. The number of hydrogen-bond donors (Lipinski definition) is 2. The summed E-state index contributed by atoms with van der Waals surface area (Å²) >= 11 is 0. The summed E-state index contributed by atoms with van der Waals surface area (Å²) in [4.78, 5) is 11.6. The lowest BCUT2D eigenvalue weighted by atomic mass is 10.2. The molecular weight excluding hydrogens is 250 g/mol. The smallest absolute Gasteiger partial charge is 0.259 e. The Kier molecular flexibility index (Phi) is 4.89. The number of anilines is 1. The minimum Gasteiger partial charge on any atom is -0.376 e. The molecule has 4 heteroatoms. The average Bonchev–Trinajstić information content (AvgIpc) is 2.46. The van der Waals surface area contributed by atoms with Gasteiger partial charge in [-0.15, -0.1) is 0 Å². The molecule has 0 atom stereocenters. The van der Waals surface area contributed by atoms with Crippen LogP contribution in [0.1, 0.15) is 11.1 Å². The van der Waals surface area contributed by atoms with Gasteiger partial charge in [0.1, 0.15) is 0 Å². The van der Waals surface area contributed by atoms with E-state index < -0.39 is 0 Å². The first-order valence-electron chi connectivity index (χ1n) is 6.41. The van der Waals surface area contributed by atoms with E-state index in [9.17, 15) is 4.79 Å². The van der Waals surface area contributed by atoms with Crippen LogP contribution in [0.25, 0.3) is 0 Å². The highest BCUT2D eigenvalue weighted by molar-refractivity contribution is 5.84. The van der Waals surface area contributed by atoms with E-state index in [-0.39, 0.29) is 12.5 Å². The molecule has 2 rings (SSSR count). The van der Waals surface area contributed by atoms with Crippen molar-refractivity contribution >= 4 is 17.8 Å². The van der Waals surface area contributed by atoms with Crippen molar-refractivity contribution in [2.75, 3.05) is 11.9 Å². The molecule has 0 aliphatic carbocycles. The van der Waals surface area contributed by atoms with Crippen LogP contribution in [0.4, 0.5) is 5.69 Å². The molecule has 0 saturated heterocycles. The fourth-order valence-corrected chi connectivity index (χ4v) is 1.69. The molecule has 0 fully saturated rings. The fourth-order valence-electron chi connectivity index (χ4n) is 1.69. The van der Waals surface area contributed by atoms with Crippen molar-refractivity contribution in [3.63, 3.8) is 0 Å². The second kappa shape index (κ2) is 7.09. The van der Waals surface area contributed by atoms with Crippen molar-refractivity contribution in [1.29, 1.82) is 0 Å². The highest BCUT2D eigenvalue weighted by Gasteiger charge is 1.99. The summed E-state index contributed by atoms with van der Waals surface area (Å²) < 4.78 is 0. The Morgan fingerprint density at radius 3 is 2.70 bits per heavy atom. The zero-order chi connectivity index (χ0) is 14.2. The van der Waals surface area contributed by atoms with E-state index in [1.54, 1.807) is 6.21 Å². The number of hydrazone groups is 1. The lowest BCUT2D eigenvalue weighted by Crippen LogP contribution is -2.25. The van der Waals surface area contributed by atoms with E-state index >= 15 is 0 Å². The Hall–Kier alpha value is -2.62. The monoisotopic (exact) mass is 267 g/mol. The van der Waals surface area contributed by atoms with Gasteiger partial charge in [0.05, 0.1) is 12.8 Å². The van der Waals surface area contributed by atoms with E-state index in [4.69, 9.17) is 0 Å². The van der Waals surface area contributed by atoms with Crippen LogP contribution < -0.4 is 10.7 Å². The molecule has 0 aliphatic heterocycles. The summed E-state index contributed by atoms with van der Waals surface area (Å²) in [5.74, 6) is -0.182. The van der Waals surface area contributed by atoms with Crippen LogP contribution in [0.2, 0.25) is 0 Å². The lowest BCUT2D eigenvalue weighted by Gasteiger charge is -2.05. The summed E-state index contributed by atoms with van der Waals surface area (Å²) in [5.41, 5.74) is 5.50. The van der Waals surface area contributed by atoms with Crippen LogP contribution >= 0.6 is 0 Å². The van der Waals surface area contributed by atoms with Gasteiger partial charge in [0.2, 0.25) is 0 Å². The molecule has 0 radical (unpaired) electrons. The van der Waals surface area contributed by atoms with E-state index in [1.807, 2.05) is 61.5 Å². The molecule has 4 nitrogen and oxygen atoms in total. The fraction of sp³-hybridized carbons (Fsp3) is 0.125. The largest absolute Gasteiger partial charge is 0.376 e. The molecule has 0 unspecified atom stereocenters. The maximum Gasteiger partial charge on any atom is 0.259 e. The van der Waals surface area contributed by atoms with Crippen LogP contribution in [0.15, 0.2) is 59.7 Å². The SMILES string of the molecule is Cc1cccc(NCC(=O)NN=Cc2ccccc2)c1. The molecule has 2 aromatic rings. The molecule has 0 aliphatic rings. The number of amides is 1. The Bertz CT molecular complexity index is 594. The molecule has 102 valence electrons. The predicted molar refractivity (Wildman–Crippen MR) is 81.8 cm³/mol. The predicted octanol–water partition coefficient (Wildman–Crippen LogP) is 2.56. The number of aryl methyl sites for hydroxylation is 1. The van der Waals surface area contributed by atoms with Gasteiger partial charge in [-0.1, -0.05) is 42.5 Å². The number of hydrogen-bond acceptors (Lipinski definition) is 3. The molecule has 2 aromatic carbocycles. The quantitative estimate of drug-likeness (QED) is 0.646. The topological polar surface area (TPSA) is 53.5 Å². The van der Waals surface area contributed by atoms with Gasteiger partial charge in [-0.3, -0.25) is 4.79 Å². The van der Waals surface area contributed by atoms with Crippen molar-refractivity contribution in [2.24, 2.45) is 5.10 Å². The maximum atomic E-state index is 11.6. The van der Waals surface area contributed by atoms with Gasteiger partial charge in [-0.05, 0) is 30.2 Å². The molecule has 2 N–H and O–H groups in total. The normalized spacial score (nSPS) is 10.4. The number of carbonyl (C=O) groups excluding carboxylic acids is 1. The number of carbonyl (C=O) groups is 1. The van der Waals surface area contributed by atoms with Crippen molar-refractivity contribution in [2.45, 2.75) is 6.92 Å². The summed E-state index contributed by atoms with van der Waals surface area (Å²) in [6, 6.07) is 17.5. The second-order valence-corrected chi connectivity index (χ2v) is 4.43. The van der Waals surface area contributed by atoms with E-state index in [0.717, 1.165) is 16.8 Å². The second-order valence-electron chi connectivity index (χ2n) is 4.43. The van der Waals surface area contributed by atoms with Crippen LogP contribution in [-0.2, 0) is 4.79 Å². The van der Waals surface area contributed by atoms with Gasteiger partial charge in [-0.25, -0.2) is 5.43 Å². The zero-order valence-electron chi connectivity index (χ0n) is 11.3. The highest BCUT2D eigenvalue weighted by atomic mass is 16.2. The summed E-state index contributed by atoms with van der Waals surface area (Å²) in [5, 5.41) is 6.95. The minimum absolute atomic E-state index is 0.182. The third-order valence-electron chi connectivity index (χ3n) is 2.67. The van der Waals surface area contributed by atoms with Gasteiger partial charge in [0.25, 0.3) is 5.91 Å². The first-order chi connectivity index (χ1) is 9.74. The third-order valence-corrected chi connectivity index (χ3v) is 2.67. The summed E-state index contributed by atoms with van der Waals surface area (Å²) in [6.45, 7) is 2.20. The summed E-state index contributed by atoms with van der Waals surface area (Å²) in [6.07, 6.45) is 1.62. The van der Waals surface area contributed by atoms with Crippen molar-refractivity contribution < 1.29 is 4.79 Å². The lowest BCUT2D eigenvalue weighted by molar-refractivity contribution is -0.119. The Labute approximate surface area is 118 Å². The number of nitrogens with zero attached hydrogens (tertiary/aromatic N) is 1. The van der Waals surface area contributed by atoms with Crippen molar-refractivity contribution in [3.8, 4) is 0 Å². The molecule has 0 saturated carbocycles. The first-order valence-corrected chi connectivity index (χ1v) is 6.41. The third kappa shape index (κ3) is 4.57. The van der Waals surface area contributed by atoms with Crippen LogP contribution in [-0.4, -0.2) is 18.7 Å². The standard InChI is InChI=1S/C16H17N3O/c1-13-6-5-9-15(10-13)17-12-16(20)19-18-11-14-7-3-2-4-8-14/h2-11,17H,12H2,1H3,(H,19,20). The number of nitrogens with one attached hydrogen (secondary N) is 2. The average molecular weight is 267 g/mol. The maximum absolute atomic E-state index is 11.6. The molecule has 20 heavy (non-hydrogen) atoms. The Morgan fingerprint density at radius 1 is 1.15 bits per heavy atom. The molecular formula is C16H17N3O. The first kappa shape index (κ1) is 13.8. The highest BCUT2D eigenvalue weighted by Crippen LogP contribution is 2.08. The molecule has 0 bridgehead atoms. The molecule has 0 spiro atoms. The van der Waals surface area contributed by atoms with Crippen LogP contribution in [0.3, 0.4) is 0 Å². The van der Waals surface area contributed by atoms with Gasteiger partial charge >= 0.3 is 0 Å². The molecule has 1 amide bonds. The van der Waals surface area contributed by atoms with E-state index in [2.05, 4.69) is 15.8 Å². The van der Waals surface area contributed by atoms with Crippen LogP contribution in [0, 0.1) is 6.92 Å². The van der Waals surface area contributed by atoms with Gasteiger partial charge in [0.15, 0.2) is 0 Å². The Balaban J connectivity index is 1.77. The molecule has 0 heterocycles. The van der Waals surface area contributed by atoms with Crippen molar-refractivity contribution in [1.82, 2.24) is 5.43 Å². The van der Waals surface area contributed by atoms with Crippen LogP contribution in [0.5, 0.6) is 0 Å². The van der Waals surface area contributed by atoms with Gasteiger partial charge < -0.3 is 5.32 Å². The van der Waals surface area contributed by atoms with Gasteiger partial charge in [0, 0.05) is 5.69 Å². The van der Waals surface area contributed by atoms with E-state index in [0.29, 0.717) is 0 Å². The Morgan fingerprint density at radius 2 is 1.95 bits per heavy atom. The number of benzene rings is 2. The van der Waals surface area contributed by atoms with Crippen molar-refractivity contribution in [3.05, 3.63) is 65.7 Å². The molecule has 0 aromatic heterocycles. The minimum atomic E-state index is -0.182. The van der Waals surface area contributed by atoms with Gasteiger partial charge in [-0.2, -0.15) is 5.10 Å². The zero-order valence-corrected chi connectivity index (χ0v) is 11.3.